The average Bonchev–Trinajstić information content (AvgIpc) is 3.94. The van der Waals surface area contributed by atoms with Gasteiger partial charge in [0.05, 0.1) is 11.4 Å². The van der Waals surface area contributed by atoms with Crippen LogP contribution in [0.25, 0.3) is 21.8 Å². The molecule has 4 aromatic rings. The molecule has 300 valence electrons. The SMILES string of the molecule is CCn1c2ccc(/C(CC(C3=CCCS3)N(OC(C)=O)C(C)=O)=N/OC(C)=O)cc2c2cc(/C(CC(c3cccs3)N(OC(C)=O)C(C)=O)=N/OC(C)=O)ccc21. The first-order valence-electron chi connectivity index (χ1n) is 18.1. The van der Waals surface area contributed by atoms with E-state index in [1.807, 2.05) is 60.8 Å². The Bertz CT molecular complexity index is 2300. The number of oxime groups is 2. The van der Waals surface area contributed by atoms with E-state index in [0.29, 0.717) is 34.0 Å². The van der Waals surface area contributed by atoms with Crippen molar-refractivity contribution >= 4 is 92.0 Å². The van der Waals surface area contributed by atoms with Gasteiger partial charge in [-0.1, -0.05) is 34.6 Å². The lowest BCUT2D eigenvalue weighted by Crippen LogP contribution is -2.42. The number of allylic oxidation sites excluding steroid dienone is 1. The van der Waals surface area contributed by atoms with Gasteiger partial charge in [-0.2, -0.15) is 10.1 Å². The molecule has 0 saturated heterocycles. The van der Waals surface area contributed by atoms with Crippen molar-refractivity contribution in [2.24, 2.45) is 10.3 Å². The largest absolute Gasteiger partial charge is 0.341 e. The van der Waals surface area contributed by atoms with Crippen molar-refractivity contribution in [2.45, 2.75) is 86.4 Å². The Morgan fingerprint density at radius 1 is 0.719 bits per heavy atom. The Labute approximate surface area is 337 Å². The first-order chi connectivity index (χ1) is 27.2. The lowest BCUT2D eigenvalue weighted by atomic mass is 9.97. The van der Waals surface area contributed by atoms with Gasteiger partial charge in [0.15, 0.2) is 0 Å². The molecule has 0 radical (unpaired) electrons. The van der Waals surface area contributed by atoms with Gasteiger partial charge in [0.25, 0.3) is 11.8 Å². The molecule has 0 spiro atoms. The molecular weight excluding hydrogens is 775 g/mol. The van der Waals surface area contributed by atoms with Crippen LogP contribution in [-0.4, -0.2) is 73.6 Å². The van der Waals surface area contributed by atoms with Crippen LogP contribution in [0.5, 0.6) is 0 Å². The van der Waals surface area contributed by atoms with E-state index in [2.05, 4.69) is 14.9 Å². The van der Waals surface area contributed by atoms with Crippen molar-refractivity contribution in [3.8, 4) is 0 Å². The van der Waals surface area contributed by atoms with Gasteiger partial charge in [-0.25, -0.2) is 9.59 Å². The number of carbonyl (C=O) groups excluding carboxylic acids is 6. The van der Waals surface area contributed by atoms with Gasteiger partial charge in [0, 0.05) is 109 Å². The number of thioether (sulfide) groups is 1. The van der Waals surface area contributed by atoms with Crippen molar-refractivity contribution in [1.82, 2.24) is 14.7 Å². The molecule has 57 heavy (non-hydrogen) atoms. The maximum atomic E-state index is 12.8. The summed E-state index contributed by atoms with van der Waals surface area (Å²) in [5.41, 5.74) is 3.52. The molecule has 1 aliphatic rings. The maximum absolute atomic E-state index is 12.8. The second kappa shape index (κ2) is 18.9. The van der Waals surface area contributed by atoms with E-state index in [4.69, 9.17) is 19.4 Å². The number of hydrogen-bond acceptors (Lipinski definition) is 14. The number of nitrogens with zero attached hydrogens (tertiary/aromatic N) is 5. The van der Waals surface area contributed by atoms with Crippen LogP contribution < -0.4 is 0 Å². The van der Waals surface area contributed by atoms with Crippen LogP contribution in [0.2, 0.25) is 0 Å². The zero-order valence-corrected chi connectivity index (χ0v) is 34.2. The Kier molecular flexibility index (Phi) is 14.0. The summed E-state index contributed by atoms with van der Waals surface area (Å²) in [5.74, 6) is -2.87. The van der Waals surface area contributed by atoms with Gasteiger partial charge in [-0.05, 0) is 49.1 Å². The second-order valence-corrected chi connectivity index (χ2v) is 15.2. The minimum Gasteiger partial charge on any atom is -0.341 e. The number of fused-ring (bicyclic) bond motifs is 3. The van der Waals surface area contributed by atoms with Crippen molar-refractivity contribution in [3.05, 3.63) is 80.9 Å². The number of rotatable bonds is 13. The Hall–Kier alpha value is -5.81. The summed E-state index contributed by atoms with van der Waals surface area (Å²) >= 11 is 2.90. The molecule has 17 heteroatoms. The number of benzene rings is 2. The highest BCUT2D eigenvalue weighted by Crippen LogP contribution is 2.36. The number of hydroxylamine groups is 4. The van der Waals surface area contributed by atoms with Crippen LogP contribution in [-0.2, 0) is 54.7 Å². The number of aryl methyl sites for hydroxylation is 1. The van der Waals surface area contributed by atoms with E-state index in [-0.39, 0.29) is 12.8 Å². The molecule has 2 aromatic heterocycles. The van der Waals surface area contributed by atoms with Crippen LogP contribution in [0.15, 0.2) is 75.2 Å². The van der Waals surface area contributed by atoms with E-state index in [1.165, 1.54) is 64.6 Å². The third kappa shape index (κ3) is 10.3. The van der Waals surface area contributed by atoms with Crippen molar-refractivity contribution in [2.75, 3.05) is 5.75 Å². The molecule has 2 atom stereocenters. The van der Waals surface area contributed by atoms with E-state index in [9.17, 15) is 28.8 Å². The van der Waals surface area contributed by atoms with Crippen LogP contribution >= 0.6 is 23.1 Å². The third-order valence-electron chi connectivity index (χ3n) is 8.76. The zero-order chi connectivity index (χ0) is 41.4. The van der Waals surface area contributed by atoms with Gasteiger partial charge in [-0.15, -0.1) is 23.1 Å². The van der Waals surface area contributed by atoms with Gasteiger partial charge in [0.2, 0.25) is 0 Å². The van der Waals surface area contributed by atoms with E-state index >= 15 is 0 Å². The number of aromatic nitrogens is 1. The monoisotopic (exact) mass is 817 g/mol. The second-order valence-electron chi connectivity index (χ2n) is 13.0. The van der Waals surface area contributed by atoms with Crippen molar-refractivity contribution in [3.63, 3.8) is 0 Å². The molecule has 2 aromatic carbocycles. The fourth-order valence-corrected chi connectivity index (χ4v) is 8.43. The summed E-state index contributed by atoms with van der Waals surface area (Å²) in [6, 6.07) is 13.4. The van der Waals surface area contributed by atoms with Gasteiger partial charge in [-0.3, -0.25) is 19.2 Å². The third-order valence-corrected chi connectivity index (χ3v) is 10.9. The highest BCUT2D eigenvalue weighted by molar-refractivity contribution is 8.03. The van der Waals surface area contributed by atoms with Crippen molar-refractivity contribution in [1.29, 1.82) is 0 Å². The summed E-state index contributed by atoms with van der Waals surface area (Å²) in [5, 5.41) is 13.9. The predicted molar refractivity (Wildman–Crippen MR) is 216 cm³/mol. The molecule has 0 fully saturated rings. The fraction of sp³-hybridized carbons (Fsp3) is 0.350. The Morgan fingerprint density at radius 2 is 1.23 bits per heavy atom. The first-order valence-corrected chi connectivity index (χ1v) is 19.9. The van der Waals surface area contributed by atoms with E-state index < -0.39 is 47.8 Å². The molecule has 0 N–H and O–H groups in total. The summed E-state index contributed by atoms with van der Waals surface area (Å²) in [7, 11) is 0. The molecule has 15 nitrogen and oxygen atoms in total. The lowest BCUT2D eigenvalue weighted by molar-refractivity contribution is -0.204. The summed E-state index contributed by atoms with van der Waals surface area (Å²) in [6.07, 6.45) is 2.79. The molecule has 0 bridgehead atoms. The number of carbonyl (C=O) groups is 6. The molecular formula is C40H43N5O10S2. The zero-order valence-electron chi connectivity index (χ0n) is 32.6. The highest BCUT2D eigenvalue weighted by Gasteiger charge is 2.33. The number of thiophene rings is 1. The van der Waals surface area contributed by atoms with Crippen LogP contribution in [0, 0.1) is 0 Å². The topological polar surface area (TPSA) is 175 Å². The van der Waals surface area contributed by atoms with Crippen LogP contribution in [0.3, 0.4) is 0 Å². The average molecular weight is 818 g/mol. The molecule has 5 rings (SSSR count). The van der Waals surface area contributed by atoms with Crippen LogP contribution in [0.4, 0.5) is 0 Å². The standard InChI is InChI=1S/C40H43N5O10S2/c1-8-43-35-15-13-29(33(41-52-25(4)48)21-37(39-11-9-17-56-39)44(23(2)46)54-27(6)50)19-31(35)32-20-30(14-16-36(32)43)34(42-53-26(5)49)22-38(40-12-10-18-57-40)45(24(3)47)55-28(7)51/h9,11-17,19-20,37-38H,8,10,18,21-22H2,1-7H3/b41-33+,42-34+. The predicted octanol–water partition coefficient (Wildman–Crippen LogP) is 6.97. The Balaban J connectivity index is 1.66. The van der Waals surface area contributed by atoms with E-state index in [1.54, 1.807) is 6.07 Å². The quantitative estimate of drug-likeness (QED) is 0.0774. The minimum absolute atomic E-state index is 0.00720. The molecule has 2 amide bonds. The molecule has 3 heterocycles. The number of amides is 2. The summed E-state index contributed by atoms with van der Waals surface area (Å²) < 4.78 is 2.12. The molecule has 0 aliphatic carbocycles. The summed E-state index contributed by atoms with van der Waals surface area (Å²) in [4.78, 5) is 96.6. The van der Waals surface area contributed by atoms with Crippen LogP contribution in [0.1, 0.15) is 89.8 Å². The molecule has 0 saturated carbocycles. The maximum Gasteiger partial charge on any atom is 0.331 e. The fourth-order valence-electron chi connectivity index (χ4n) is 6.54. The van der Waals surface area contributed by atoms with Crippen molar-refractivity contribution < 1.29 is 48.1 Å². The van der Waals surface area contributed by atoms with E-state index in [0.717, 1.165) is 49.0 Å². The summed E-state index contributed by atoms with van der Waals surface area (Å²) in [6.45, 7) is 10.1. The Morgan fingerprint density at radius 3 is 1.63 bits per heavy atom. The normalized spacial score (nSPS) is 14.1. The molecule has 1 aliphatic heterocycles. The molecule has 2 unspecified atom stereocenters. The minimum atomic E-state index is -0.803. The lowest BCUT2D eigenvalue weighted by Gasteiger charge is -2.29. The smallest absolute Gasteiger partial charge is 0.331 e. The first kappa shape index (κ1) is 42.3. The number of hydrogen-bond donors (Lipinski definition) is 0. The highest BCUT2D eigenvalue weighted by atomic mass is 32.2. The van der Waals surface area contributed by atoms with Gasteiger partial charge >= 0.3 is 23.9 Å². The van der Waals surface area contributed by atoms with Gasteiger partial charge < -0.3 is 23.9 Å². The van der Waals surface area contributed by atoms with Gasteiger partial charge in [0.1, 0.15) is 12.1 Å².